The molecule has 0 saturated carbocycles. The van der Waals surface area contributed by atoms with Gasteiger partial charge in [0.05, 0.1) is 17.5 Å². The van der Waals surface area contributed by atoms with Gasteiger partial charge in [-0.05, 0) is 6.42 Å². The molecule has 0 aromatic carbocycles. The summed E-state index contributed by atoms with van der Waals surface area (Å²) in [5.74, 6) is 0.611. The fraction of sp³-hybridized carbons (Fsp3) is 0.889. The molecule has 2 aliphatic heterocycles. The molecule has 2 rings (SSSR count). The highest BCUT2D eigenvalue weighted by Crippen LogP contribution is 2.38. The van der Waals surface area contributed by atoms with E-state index in [1.807, 2.05) is 0 Å². The van der Waals surface area contributed by atoms with Crippen molar-refractivity contribution in [3.63, 3.8) is 0 Å². The molecule has 2 aliphatic rings. The van der Waals surface area contributed by atoms with Gasteiger partial charge >= 0.3 is 0 Å². The Bertz CT molecular complexity index is 366. The van der Waals surface area contributed by atoms with Crippen molar-refractivity contribution in [3.8, 4) is 0 Å². The predicted molar refractivity (Wildman–Crippen MR) is 68.0 cm³/mol. The van der Waals surface area contributed by atoms with E-state index in [0.717, 1.165) is 23.7 Å². The van der Waals surface area contributed by atoms with Gasteiger partial charge in [-0.2, -0.15) is 0 Å². The first-order valence-corrected chi connectivity index (χ1v) is 8.32. The highest BCUT2D eigenvalue weighted by Gasteiger charge is 2.47. The van der Waals surface area contributed by atoms with E-state index in [2.05, 4.69) is 11.8 Å². The van der Waals surface area contributed by atoms with Gasteiger partial charge in [-0.1, -0.05) is 37.3 Å². The maximum atomic E-state index is 11.5. The summed E-state index contributed by atoms with van der Waals surface area (Å²) in [6.07, 6.45) is 2.21. The first-order valence-electron chi connectivity index (χ1n) is 5.21. The van der Waals surface area contributed by atoms with Crippen molar-refractivity contribution in [1.82, 2.24) is 4.90 Å². The average molecular weight is 265 g/mol. The van der Waals surface area contributed by atoms with Crippen LogP contribution >= 0.6 is 24.0 Å². The van der Waals surface area contributed by atoms with Crippen molar-refractivity contribution in [2.75, 3.05) is 18.1 Å². The van der Waals surface area contributed by atoms with Crippen molar-refractivity contribution < 1.29 is 8.42 Å². The predicted octanol–water partition coefficient (Wildman–Crippen LogP) is 1.29. The Labute approximate surface area is 101 Å². The molecule has 3 nitrogen and oxygen atoms in total. The zero-order chi connectivity index (χ0) is 11.1. The molecular formula is C9H15NO2S3. The summed E-state index contributed by atoms with van der Waals surface area (Å²) >= 11 is 6.85. The number of hydrogen-bond acceptors (Lipinski definition) is 4. The molecule has 0 amide bonds. The first-order chi connectivity index (χ1) is 7.03. The lowest BCUT2D eigenvalue weighted by atomic mass is 10.2. The molecule has 0 bridgehead atoms. The van der Waals surface area contributed by atoms with E-state index in [4.69, 9.17) is 12.2 Å². The monoisotopic (exact) mass is 265 g/mol. The number of unbranched alkanes of at least 4 members (excludes halogenated alkanes) is 1. The molecule has 0 aromatic heterocycles. The third-order valence-corrected chi connectivity index (χ3v) is 6.58. The second kappa shape index (κ2) is 4.22. The first kappa shape index (κ1) is 11.7. The molecule has 86 valence electrons. The van der Waals surface area contributed by atoms with Crippen LogP contribution in [0.5, 0.6) is 0 Å². The Kier molecular flexibility index (Phi) is 3.28. The van der Waals surface area contributed by atoms with Crippen LogP contribution in [0.1, 0.15) is 19.8 Å². The quantitative estimate of drug-likeness (QED) is 0.719. The van der Waals surface area contributed by atoms with Crippen molar-refractivity contribution in [3.05, 3.63) is 0 Å². The number of sulfone groups is 1. The highest BCUT2D eigenvalue weighted by molar-refractivity contribution is 8.24. The molecule has 15 heavy (non-hydrogen) atoms. The number of rotatable bonds is 3. The van der Waals surface area contributed by atoms with Gasteiger partial charge in [0.15, 0.2) is 9.84 Å². The standard InChI is InChI=1S/C9H15NO2S3/c1-2-3-4-10-7-5-15(11,12)6-8(7)14-9(10)13/h7-8H,2-6H2,1H3/t7-,8+/m0/s1. The number of thioether (sulfide) groups is 1. The van der Waals surface area contributed by atoms with Crippen molar-refractivity contribution in [2.24, 2.45) is 0 Å². The van der Waals surface area contributed by atoms with Crippen LogP contribution in [0.4, 0.5) is 0 Å². The Morgan fingerprint density at radius 1 is 1.53 bits per heavy atom. The van der Waals surface area contributed by atoms with E-state index in [0.29, 0.717) is 11.5 Å². The molecule has 2 atom stereocenters. The van der Waals surface area contributed by atoms with Gasteiger partial charge in [-0.15, -0.1) is 0 Å². The van der Waals surface area contributed by atoms with E-state index < -0.39 is 9.84 Å². The van der Waals surface area contributed by atoms with Crippen molar-refractivity contribution >= 4 is 38.1 Å². The van der Waals surface area contributed by atoms with Gasteiger partial charge in [0.2, 0.25) is 0 Å². The number of hydrogen-bond donors (Lipinski definition) is 0. The fourth-order valence-corrected chi connectivity index (χ4v) is 6.54. The lowest BCUT2D eigenvalue weighted by Crippen LogP contribution is -2.37. The maximum Gasteiger partial charge on any atom is 0.153 e. The molecule has 0 radical (unpaired) electrons. The van der Waals surface area contributed by atoms with E-state index >= 15 is 0 Å². The largest absolute Gasteiger partial charge is 0.352 e. The van der Waals surface area contributed by atoms with Crippen LogP contribution in [-0.4, -0.2) is 47.0 Å². The summed E-state index contributed by atoms with van der Waals surface area (Å²) < 4.78 is 23.9. The van der Waals surface area contributed by atoms with Crippen LogP contribution in [0.15, 0.2) is 0 Å². The summed E-state index contributed by atoms with van der Waals surface area (Å²) in [7, 11) is -2.81. The summed E-state index contributed by atoms with van der Waals surface area (Å²) in [5, 5.41) is 0.194. The second-order valence-corrected chi connectivity index (χ2v) is 8.14. The van der Waals surface area contributed by atoms with Gasteiger partial charge in [0.1, 0.15) is 4.32 Å². The van der Waals surface area contributed by atoms with Gasteiger partial charge in [-0.25, -0.2) is 8.42 Å². The third-order valence-electron chi connectivity index (χ3n) is 2.91. The van der Waals surface area contributed by atoms with Crippen LogP contribution in [0.2, 0.25) is 0 Å². The van der Waals surface area contributed by atoms with Crippen LogP contribution in [0.25, 0.3) is 0 Å². The summed E-state index contributed by atoms with van der Waals surface area (Å²) in [6.45, 7) is 3.05. The zero-order valence-electron chi connectivity index (χ0n) is 8.68. The Morgan fingerprint density at radius 2 is 2.27 bits per heavy atom. The van der Waals surface area contributed by atoms with Gasteiger partial charge < -0.3 is 4.90 Å². The number of nitrogens with zero attached hydrogens (tertiary/aromatic N) is 1. The van der Waals surface area contributed by atoms with E-state index in [1.54, 1.807) is 11.8 Å². The second-order valence-electron chi connectivity index (χ2n) is 4.11. The number of thiocarbonyl (C=S) groups is 1. The van der Waals surface area contributed by atoms with E-state index in [1.165, 1.54) is 0 Å². The van der Waals surface area contributed by atoms with Crippen molar-refractivity contribution in [1.29, 1.82) is 0 Å². The molecule has 2 fully saturated rings. The fourth-order valence-electron chi connectivity index (χ4n) is 2.12. The SMILES string of the molecule is CCCCN1C(=S)S[C@@H]2CS(=O)(=O)C[C@@H]21. The molecule has 0 aliphatic carbocycles. The molecule has 0 aromatic rings. The van der Waals surface area contributed by atoms with Gasteiger partial charge in [0.25, 0.3) is 0 Å². The average Bonchev–Trinajstić information content (AvgIpc) is 2.54. The lowest BCUT2D eigenvalue weighted by Gasteiger charge is -2.23. The zero-order valence-corrected chi connectivity index (χ0v) is 11.1. The minimum atomic E-state index is -2.81. The van der Waals surface area contributed by atoms with E-state index in [-0.39, 0.29) is 11.3 Å². The van der Waals surface area contributed by atoms with Crippen LogP contribution in [-0.2, 0) is 9.84 Å². The minimum absolute atomic E-state index is 0.152. The highest BCUT2D eigenvalue weighted by atomic mass is 32.2. The van der Waals surface area contributed by atoms with Crippen LogP contribution in [0, 0.1) is 0 Å². The third kappa shape index (κ3) is 2.31. The Hall–Kier alpha value is 0.190. The Morgan fingerprint density at radius 3 is 2.93 bits per heavy atom. The molecule has 0 unspecified atom stereocenters. The summed E-state index contributed by atoms with van der Waals surface area (Å²) in [6, 6.07) is 0.152. The molecule has 6 heteroatoms. The lowest BCUT2D eigenvalue weighted by molar-refractivity contribution is 0.355. The Balaban J connectivity index is 2.09. The smallest absolute Gasteiger partial charge is 0.153 e. The number of fused-ring (bicyclic) bond motifs is 1. The van der Waals surface area contributed by atoms with Crippen molar-refractivity contribution in [2.45, 2.75) is 31.1 Å². The minimum Gasteiger partial charge on any atom is -0.352 e. The molecule has 0 N–H and O–H groups in total. The molecule has 2 saturated heterocycles. The van der Waals surface area contributed by atoms with Gasteiger partial charge in [-0.3, -0.25) is 0 Å². The van der Waals surface area contributed by atoms with Crippen LogP contribution < -0.4 is 0 Å². The molecule has 2 heterocycles. The summed E-state index contributed by atoms with van der Waals surface area (Å²) in [5.41, 5.74) is 0. The molecule has 0 spiro atoms. The van der Waals surface area contributed by atoms with Crippen LogP contribution in [0.3, 0.4) is 0 Å². The normalized spacial score (nSPS) is 33.4. The molecular weight excluding hydrogens is 250 g/mol. The van der Waals surface area contributed by atoms with E-state index in [9.17, 15) is 8.42 Å². The maximum absolute atomic E-state index is 11.5. The summed E-state index contributed by atoms with van der Waals surface area (Å²) in [4.78, 5) is 2.12. The van der Waals surface area contributed by atoms with Gasteiger partial charge in [0, 0.05) is 11.8 Å². The topological polar surface area (TPSA) is 37.4 Å².